The van der Waals surface area contributed by atoms with Crippen molar-refractivity contribution in [2.45, 2.75) is 51.6 Å². The minimum atomic E-state index is -1.15. The molecular formula is C23H30N4O4. The maximum Gasteiger partial charge on any atom is 0.223 e. The van der Waals surface area contributed by atoms with Crippen LogP contribution in [0.15, 0.2) is 51.0 Å². The molecule has 0 radical (unpaired) electrons. The van der Waals surface area contributed by atoms with Crippen molar-refractivity contribution in [1.82, 2.24) is 0 Å². The van der Waals surface area contributed by atoms with Crippen molar-refractivity contribution in [3.05, 3.63) is 41.5 Å². The highest BCUT2D eigenvalue weighted by Gasteiger charge is 2.38. The monoisotopic (exact) mass is 426 g/mol. The largest absolute Gasteiger partial charge is 0.507 e. The highest BCUT2D eigenvalue weighted by atomic mass is 16.5. The van der Waals surface area contributed by atoms with Gasteiger partial charge in [-0.05, 0) is 53.0 Å². The Morgan fingerprint density at radius 2 is 1.71 bits per heavy atom. The molecule has 0 saturated carbocycles. The van der Waals surface area contributed by atoms with Gasteiger partial charge < -0.3 is 19.7 Å². The Balaban J connectivity index is 2.04. The molecule has 0 aromatic heterocycles. The number of phenolic OH excluding ortho intramolecular Hbond substituents is 2. The van der Waals surface area contributed by atoms with Gasteiger partial charge in [0.2, 0.25) is 5.66 Å². The van der Waals surface area contributed by atoms with E-state index in [9.17, 15) is 10.2 Å². The van der Waals surface area contributed by atoms with Crippen molar-refractivity contribution in [1.29, 1.82) is 0 Å². The van der Waals surface area contributed by atoms with Gasteiger partial charge in [-0.2, -0.15) is 0 Å². The Kier molecular flexibility index (Phi) is 7.22. The van der Waals surface area contributed by atoms with Crippen LogP contribution in [0.25, 0.3) is 11.1 Å². The highest BCUT2D eigenvalue weighted by molar-refractivity contribution is 5.78. The Morgan fingerprint density at radius 3 is 2.35 bits per heavy atom. The fourth-order valence-electron chi connectivity index (χ4n) is 3.63. The lowest BCUT2D eigenvalue weighted by atomic mass is 9.90. The molecule has 0 unspecified atom stereocenters. The standard InChI is InChI=1S/C23H30N4O4/c1-5-10-31-11-6-9-23(24-26-27-25-23)19-13-17(20(28)14-21(19)29)18-12-16(15(2)3)7-8-22(18)30-4/h7-8,12-15,28-29H,5-6,9-11H2,1-4H3. The smallest absolute Gasteiger partial charge is 0.223 e. The van der Waals surface area contributed by atoms with Gasteiger partial charge in [0.05, 0.1) is 7.11 Å². The molecule has 0 saturated heterocycles. The lowest BCUT2D eigenvalue weighted by Crippen LogP contribution is -2.20. The first-order valence-corrected chi connectivity index (χ1v) is 10.6. The van der Waals surface area contributed by atoms with Crippen LogP contribution in [0.1, 0.15) is 57.1 Å². The van der Waals surface area contributed by atoms with Gasteiger partial charge in [-0.25, -0.2) is 0 Å². The molecule has 0 amide bonds. The molecule has 0 spiro atoms. The van der Waals surface area contributed by atoms with Gasteiger partial charge in [0, 0.05) is 42.4 Å². The molecule has 0 atom stereocenters. The van der Waals surface area contributed by atoms with Crippen molar-refractivity contribution in [3.8, 4) is 28.4 Å². The number of rotatable bonds is 10. The van der Waals surface area contributed by atoms with Gasteiger partial charge in [0.1, 0.15) is 17.2 Å². The molecule has 166 valence electrons. The minimum Gasteiger partial charge on any atom is -0.507 e. The molecule has 0 aliphatic carbocycles. The summed E-state index contributed by atoms with van der Waals surface area (Å²) in [7, 11) is 1.59. The van der Waals surface area contributed by atoms with E-state index in [-0.39, 0.29) is 11.5 Å². The van der Waals surface area contributed by atoms with Crippen LogP contribution in [0.2, 0.25) is 0 Å². The lowest BCUT2D eigenvalue weighted by molar-refractivity contribution is 0.125. The summed E-state index contributed by atoms with van der Waals surface area (Å²) in [6.45, 7) is 7.50. The maximum absolute atomic E-state index is 10.7. The van der Waals surface area contributed by atoms with Crippen LogP contribution in [0, 0.1) is 0 Å². The summed E-state index contributed by atoms with van der Waals surface area (Å²) in [5.74, 6) is 0.742. The highest BCUT2D eigenvalue weighted by Crippen LogP contribution is 2.47. The SMILES string of the molecule is CCCOCCCC1(c2cc(-c3cc(C(C)C)ccc3OC)c(O)cc2O)N=NN=N1. The van der Waals surface area contributed by atoms with E-state index >= 15 is 0 Å². The average Bonchev–Trinajstić information content (AvgIpc) is 3.23. The van der Waals surface area contributed by atoms with Crippen molar-refractivity contribution in [3.63, 3.8) is 0 Å². The van der Waals surface area contributed by atoms with Crippen LogP contribution in [-0.2, 0) is 10.4 Å². The van der Waals surface area contributed by atoms with Crippen LogP contribution in [-0.4, -0.2) is 30.5 Å². The van der Waals surface area contributed by atoms with Gasteiger partial charge in [-0.1, -0.05) is 26.8 Å². The topological polar surface area (TPSA) is 108 Å². The zero-order valence-electron chi connectivity index (χ0n) is 18.5. The molecule has 1 aliphatic rings. The Morgan fingerprint density at radius 1 is 0.968 bits per heavy atom. The second-order valence-electron chi connectivity index (χ2n) is 7.91. The van der Waals surface area contributed by atoms with E-state index in [1.807, 2.05) is 18.2 Å². The summed E-state index contributed by atoms with van der Waals surface area (Å²) >= 11 is 0. The van der Waals surface area contributed by atoms with E-state index in [1.165, 1.54) is 6.07 Å². The van der Waals surface area contributed by atoms with E-state index in [1.54, 1.807) is 13.2 Å². The molecule has 0 fully saturated rings. The molecule has 8 heteroatoms. The van der Waals surface area contributed by atoms with E-state index in [2.05, 4.69) is 41.4 Å². The predicted octanol–water partition coefficient (Wildman–Crippen LogP) is 6.09. The quantitative estimate of drug-likeness (QED) is 0.448. The third-order valence-electron chi connectivity index (χ3n) is 5.35. The van der Waals surface area contributed by atoms with E-state index < -0.39 is 5.66 Å². The lowest BCUT2D eigenvalue weighted by Gasteiger charge is -2.23. The Bertz CT molecular complexity index is 960. The first kappa shape index (κ1) is 22.7. The maximum atomic E-state index is 10.7. The van der Waals surface area contributed by atoms with Crippen LogP contribution >= 0.6 is 0 Å². The molecule has 2 aromatic carbocycles. The van der Waals surface area contributed by atoms with Crippen LogP contribution in [0.3, 0.4) is 0 Å². The number of ether oxygens (including phenoxy) is 2. The number of hydrogen-bond donors (Lipinski definition) is 2. The molecule has 3 rings (SSSR count). The second kappa shape index (κ2) is 9.87. The summed E-state index contributed by atoms with van der Waals surface area (Å²) in [4.78, 5) is 0. The molecule has 2 aromatic rings. The fraction of sp³-hybridized carbons (Fsp3) is 0.478. The average molecular weight is 427 g/mol. The molecular weight excluding hydrogens is 396 g/mol. The number of methoxy groups -OCH3 is 1. The molecule has 1 heterocycles. The zero-order valence-corrected chi connectivity index (χ0v) is 18.5. The number of phenols is 2. The van der Waals surface area contributed by atoms with Gasteiger partial charge in [0.25, 0.3) is 0 Å². The van der Waals surface area contributed by atoms with Gasteiger partial charge in [-0.3, -0.25) is 0 Å². The molecule has 2 N–H and O–H groups in total. The van der Waals surface area contributed by atoms with Crippen LogP contribution in [0.4, 0.5) is 0 Å². The number of hydrogen-bond acceptors (Lipinski definition) is 8. The van der Waals surface area contributed by atoms with Gasteiger partial charge >= 0.3 is 0 Å². The molecule has 0 bridgehead atoms. The molecule has 31 heavy (non-hydrogen) atoms. The summed E-state index contributed by atoms with van der Waals surface area (Å²) in [6, 6.07) is 8.88. The molecule has 8 nitrogen and oxygen atoms in total. The van der Waals surface area contributed by atoms with E-state index in [0.717, 1.165) is 17.5 Å². The molecule has 1 aliphatic heterocycles. The number of benzene rings is 2. The first-order chi connectivity index (χ1) is 14.9. The van der Waals surface area contributed by atoms with Crippen molar-refractivity contribution in [2.24, 2.45) is 20.7 Å². The van der Waals surface area contributed by atoms with Crippen molar-refractivity contribution >= 4 is 0 Å². The van der Waals surface area contributed by atoms with Gasteiger partial charge in [0.15, 0.2) is 0 Å². The first-order valence-electron chi connectivity index (χ1n) is 10.6. The third-order valence-corrected chi connectivity index (χ3v) is 5.35. The van der Waals surface area contributed by atoms with E-state index in [0.29, 0.717) is 48.8 Å². The fourth-order valence-corrected chi connectivity index (χ4v) is 3.63. The number of aromatic hydroxyl groups is 2. The minimum absolute atomic E-state index is 0.0613. The normalized spacial score (nSPS) is 14.5. The predicted molar refractivity (Wildman–Crippen MR) is 118 cm³/mol. The Labute approximate surface area is 182 Å². The second-order valence-corrected chi connectivity index (χ2v) is 7.91. The summed E-state index contributed by atoms with van der Waals surface area (Å²) in [5, 5.41) is 37.2. The van der Waals surface area contributed by atoms with Gasteiger partial charge in [-0.15, -0.1) is 10.2 Å². The summed E-state index contributed by atoms with van der Waals surface area (Å²) in [6.07, 6.45) is 2.08. The Hall–Kier alpha value is -3.00. The zero-order chi connectivity index (χ0) is 22.4. The van der Waals surface area contributed by atoms with Crippen molar-refractivity contribution in [2.75, 3.05) is 20.3 Å². The van der Waals surface area contributed by atoms with E-state index in [4.69, 9.17) is 9.47 Å². The number of nitrogens with zero attached hydrogens (tertiary/aromatic N) is 4. The van der Waals surface area contributed by atoms with Crippen LogP contribution < -0.4 is 4.74 Å². The van der Waals surface area contributed by atoms with Crippen LogP contribution in [0.5, 0.6) is 17.2 Å². The third kappa shape index (κ3) is 4.85. The summed E-state index contributed by atoms with van der Waals surface area (Å²) in [5.41, 5.74) is 1.63. The van der Waals surface area contributed by atoms with Crippen molar-refractivity contribution < 1.29 is 19.7 Å². The summed E-state index contributed by atoms with van der Waals surface area (Å²) < 4.78 is 11.1.